The Morgan fingerprint density at radius 3 is 2.00 bits per heavy atom. The molecule has 0 heteroatoms. The Kier molecular flexibility index (Phi) is 5.27. The molecule has 0 N–H and O–H groups in total. The first kappa shape index (κ1) is 23.0. The minimum Gasteiger partial charge on any atom is -0.0836 e. The molecule has 0 bridgehead atoms. The average molecular weight is 489 g/mol. The highest BCUT2D eigenvalue weighted by Gasteiger charge is 2.21. The highest BCUT2D eigenvalue weighted by atomic mass is 14.2. The number of benzene rings is 6. The lowest BCUT2D eigenvalue weighted by Crippen LogP contribution is -2.10. The summed E-state index contributed by atoms with van der Waals surface area (Å²) in [5.41, 5.74) is 9.47. The maximum atomic E-state index is 2.45. The van der Waals surface area contributed by atoms with Gasteiger partial charge in [0.1, 0.15) is 0 Å². The molecule has 184 valence electrons. The molecule has 6 aromatic rings. The van der Waals surface area contributed by atoms with Crippen LogP contribution in [0.4, 0.5) is 0 Å². The van der Waals surface area contributed by atoms with Gasteiger partial charge in [-0.15, -0.1) is 0 Å². The zero-order chi connectivity index (χ0) is 25.9. The molecule has 0 aliphatic heterocycles. The molecule has 0 heterocycles. The minimum absolute atomic E-state index is 0.0667. The molecular weight excluding hydrogens is 456 g/mol. The highest BCUT2D eigenvalue weighted by molar-refractivity contribution is 6.22. The zero-order valence-corrected chi connectivity index (χ0v) is 22.4. The van der Waals surface area contributed by atoms with E-state index in [9.17, 15) is 0 Å². The fourth-order valence-electron chi connectivity index (χ4n) is 6.19. The van der Waals surface area contributed by atoms with Crippen LogP contribution in [0.2, 0.25) is 0 Å². The number of rotatable bonds is 2. The van der Waals surface area contributed by atoms with Gasteiger partial charge >= 0.3 is 0 Å². The Balaban J connectivity index is 1.62. The predicted octanol–water partition coefficient (Wildman–Crippen LogP) is 10.7. The van der Waals surface area contributed by atoms with Crippen molar-refractivity contribution in [3.05, 3.63) is 126 Å². The first-order valence-electron chi connectivity index (χ1n) is 13.8. The number of aryl methyl sites for hydroxylation is 1. The predicted molar refractivity (Wildman–Crippen MR) is 166 cm³/mol. The summed E-state index contributed by atoms with van der Waals surface area (Å²) in [4.78, 5) is 0. The van der Waals surface area contributed by atoms with Crippen molar-refractivity contribution in [2.24, 2.45) is 0 Å². The summed E-state index contributed by atoms with van der Waals surface area (Å²) in [6, 6.07) is 38.8. The monoisotopic (exact) mass is 488 g/mol. The van der Waals surface area contributed by atoms with Gasteiger partial charge in [0.2, 0.25) is 0 Å². The third kappa shape index (κ3) is 3.75. The van der Waals surface area contributed by atoms with Crippen LogP contribution in [0.5, 0.6) is 0 Å². The molecular formula is C38H32. The van der Waals surface area contributed by atoms with Crippen LogP contribution >= 0.6 is 0 Å². The van der Waals surface area contributed by atoms with E-state index in [4.69, 9.17) is 0 Å². The van der Waals surface area contributed by atoms with Gasteiger partial charge in [-0.25, -0.2) is 0 Å². The van der Waals surface area contributed by atoms with Gasteiger partial charge in [-0.1, -0.05) is 118 Å². The molecule has 0 radical (unpaired) electrons. The van der Waals surface area contributed by atoms with Crippen molar-refractivity contribution in [3.8, 4) is 22.3 Å². The van der Waals surface area contributed by atoms with Gasteiger partial charge in [-0.05, 0) is 108 Å². The summed E-state index contributed by atoms with van der Waals surface area (Å²) in [5.74, 6) is 0. The maximum Gasteiger partial charge on any atom is -0.00260 e. The molecule has 1 aliphatic carbocycles. The van der Waals surface area contributed by atoms with E-state index in [1.165, 1.54) is 71.3 Å². The lowest BCUT2D eigenvalue weighted by Gasteiger charge is -2.23. The topological polar surface area (TPSA) is 0 Å². The van der Waals surface area contributed by atoms with E-state index < -0.39 is 0 Å². The molecule has 7 rings (SSSR count). The number of allylic oxidation sites excluding steroid dienone is 1. The molecule has 1 aliphatic rings. The molecule has 0 amide bonds. The fourth-order valence-corrected chi connectivity index (χ4v) is 6.19. The summed E-state index contributed by atoms with van der Waals surface area (Å²) >= 11 is 0. The van der Waals surface area contributed by atoms with Crippen LogP contribution in [0.3, 0.4) is 0 Å². The Hall–Kier alpha value is -4.16. The third-order valence-corrected chi connectivity index (χ3v) is 8.24. The molecule has 0 unspecified atom stereocenters. The fraction of sp³-hybridized carbons (Fsp3) is 0.158. The molecule has 38 heavy (non-hydrogen) atoms. The van der Waals surface area contributed by atoms with Gasteiger partial charge in [-0.3, -0.25) is 0 Å². The molecule has 0 atom stereocenters. The van der Waals surface area contributed by atoms with Crippen LogP contribution in [0.15, 0.2) is 109 Å². The summed E-state index contributed by atoms with van der Waals surface area (Å²) in [7, 11) is 0. The SMILES string of the molecule is CC(C)(C)c1ccc2c(-c3ccc4c(c3)C=CCC4)c3ccccc3c(-c3ccc4ccccc4c3)c2c1. The molecule has 0 nitrogen and oxygen atoms in total. The Bertz CT molecular complexity index is 1890. The quantitative estimate of drug-likeness (QED) is 0.213. The van der Waals surface area contributed by atoms with E-state index in [-0.39, 0.29) is 5.41 Å². The normalized spacial score (nSPS) is 13.3. The highest BCUT2D eigenvalue weighted by Crippen LogP contribution is 2.45. The summed E-state index contributed by atoms with van der Waals surface area (Å²) in [6.45, 7) is 6.92. The Morgan fingerprint density at radius 2 is 1.21 bits per heavy atom. The number of hydrogen-bond donors (Lipinski definition) is 0. The second-order valence-electron chi connectivity index (χ2n) is 11.7. The summed E-state index contributed by atoms with van der Waals surface area (Å²) < 4.78 is 0. The van der Waals surface area contributed by atoms with Crippen molar-refractivity contribution < 1.29 is 0 Å². The van der Waals surface area contributed by atoms with Gasteiger partial charge in [0.25, 0.3) is 0 Å². The molecule has 0 spiro atoms. The van der Waals surface area contributed by atoms with Crippen molar-refractivity contribution in [1.29, 1.82) is 0 Å². The Labute approximate surface area is 225 Å². The number of fused-ring (bicyclic) bond motifs is 4. The largest absolute Gasteiger partial charge is 0.0836 e. The lowest BCUT2D eigenvalue weighted by atomic mass is 9.81. The standard InChI is InChI=1S/C38H32/c1-38(2,3)31-20-21-34-35(24-31)37(30-19-17-26-11-5-7-13-28(26)23-30)33-15-9-8-14-32(33)36(34)29-18-16-25-10-4-6-12-27(25)22-29/h5-9,11-24H,4,10H2,1-3H3. The molecule has 0 fully saturated rings. The summed E-state index contributed by atoms with van der Waals surface area (Å²) in [5, 5.41) is 7.82. The van der Waals surface area contributed by atoms with Gasteiger partial charge in [-0.2, -0.15) is 0 Å². The van der Waals surface area contributed by atoms with Crippen molar-refractivity contribution in [2.75, 3.05) is 0 Å². The van der Waals surface area contributed by atoms with Crippen LogP contribution in [0.25, 0.3) is 60.6 Å². The van der Waals surface area contributed by atoms with Crippen molar-refractivity contribution in [3.63, 3.8) is 0 Å². The van der Waals surface area contributed by atoms with E-state index in [0.717, 1.165) is 12.8 Å². The smallest absolute Gasteiger partial charge is 0.00260 e. The van der Waals surface area contributed by atoms with Gasteiger partial charge in [0.05, 0.1) is 0 Å². The van der Waals surface area contributed by atoms with E-state index in [2.05, 4.69) is 136 Å². The first-order chi connectivity index (χ1) is 18.5. The van der Waals surface area contributed by atoms with Crippen LogP contribution in [-0.4, -0.2) is 0 Å². The molecule has 6 aromatic carbocycles. The van der Waals surface area contributed by atoms with E-state index in [0.29, 0.717) is 0 Å². The van der Waals surface area contributed by atoms with Gasteiger partial charge < -0.3 is 0 Å². The van der Waals surface area contributed by atoms with Crippen molar-refractivity contribution in [2.45, 2.75) is 39.0 Å². The van der Waals surface area contributed by atoms with Gasteiger partial charge in [0, 0.05) is 0 Å². The molecule has 0 saturated heterocycles. The third-order valence-electron chi connectivity index (χ3n) is 8.24. The average Bonchev–Trinajstić information content (AvgIpc) is 2.94. The van der Waals surface area contributed by atoms with Crippen LogP contribution in [0.1, 0.15) is 43.9 Å². The summed E-state index contributed by atoms with van der Waals surface area (Å²) in [6.07, 6.45) is 6.87. The van der Waals surface area contributed by atoms with Crippen LogP contribution < -0.4 is 0 Å². The zero-order valence-electron chi connectivity index (χ0n) is 22.4. The second kappa shape index (κ2) is 8.71. The van der Waals surface area contributed by atoms with Crippen molar-refractivity contribution in [1.82, 2.24) is 0 Å². The first-order valence-corrected chi connectivity index (χ1v) is 13.8. The van der Waals surface area contributed by atoms with Crippen LogP contribution in [-0.2, 0) is 11.8 Å². The lowest BCUT2D eigenvalue weighted by molar-refractivity contribution is 0.591. The Morgan fingerprint density at radius 1 is 0.553 bits per heavy atom. The molecule has 0 saturated carbocycles. The molecule has 0 aromatic heterocycles. The van der Waals surface area contributed by atoms with E-state index >= 15 is 0 Å². The van der Waals surface area contributed by atoms with Crippen molar-refractivity contribution >= 4 is 38.4 Å². The van der Waals surface area contributed by atoms with E-state index in [1.807, 2.05) is 0 Å². The van der Waals surface area contributed by atoms with Crippen LogP contribution in [0, 0.1) is 0 Å². The number of hydrogen-bond acceptors (Lipinski definition) is 0. The second-order valence-corrected chi connectivity index (χ2v) is 11.7. The van der Waals surface area contributed by atoms with Gasteiger partial charge in [0.15, 0.2) is 0 Å². The van der Waals surface area contributed by atoms with E-state index in [1.54, 1.807) is 0 Å². The minimum atomic E-state index is 0.0667. The maximum absolute atomic E-state index is 2.45.